The smallest absolute Gasteiger partial charge is 0.0307 e. The molecule has 1 nitrogen and oxygen atoms in total. The molecule has 1 atom stereocenters. The van der Waals surface area contributed by atoms with Crippen molar-refractivity contribution in [1.29, 1.82) is 0 Å². The van der Waals surface area contributed by atoms with Crippen LogP contribution in [0.2, 0.25) is 0 Å². The predicted molar refractivity (Wildman–Crippen MR) is 55.7 cm³/mol. The van der Waals surface area contributed by atoms with Gasteiger partial charge in [0.2, 0.25) is 0 Å². The number of piperidine rings is 1. The molecule has 1 heterocycles. The van der Waals surface area contributed by atoms with Gasteiger partial charge in [-0.05, 0) is 38.0 Å². The Labute approximate surface area is 83.0 Å². The molecule has 2 rings (SSSR count). The first-order chi connectivity index (χ1) is 5.23. The van der Waals surface area contributed by atoms with Gasteiger partial charge in [0.05, 0.1) is 0 Å². The van der Waals surface area contributed by atoms with Crippen molar-refractivity contribution < 1.29 is 0 Å². The molecule has 0 amide bonds. The molecule has 64 valence electrons. The second-order valence-corrected chi connectivity index (χ2v) is 5.43. The molecule has 1 aliphatic heterocycles. The highest BCUT2D eigenvalue weighted by Gasteiger charge is 2.44. The van der Waals surface area contributed by atoms with Gasteiger partial charge in [-0.3, -0.25) is 0 Å². The van der Waals surface area contributed by atoms with Crippen LogP contribution in [0.1, 0.15) is 39.0 Å². The third kappa shape index (κ3) is 1.32. The van der Waals surface area contributed by atoms with E-state index < -0.39 is 0 Å². The van der Waals surface area contributed by atoms with E-state index in [2.05, 4.69) is 32.9 Å². The summed E-state index contributed by atoms with van der Waals surface area (Å²) in [5, 5.41) is 0. The highest BCUT2D eigenvalue weighted by atomic mass is 127. The topological polar surface area (TPSA) is 3.24 Å². The van der Waals surface area contributed by atoms with Crippen molar-refractivity contribution in [3.63, 3.8) is 0 Å². The minimum Gasteiger partial charge on any atom is -0.241 e. The Morgan fingerprint density at radius 2 is 2.18 bits per heavy atom. The Morgan fingerprint density at radius 1 is 1.45 bits per heavy atom. The summed E-state index contributed by atoms with van der Waals surface area (Å²) >= 11 is 2.53. The van der Waals surface area contributed by atoms with Crippen LogP contribution >= 0.6 is 22.9 Å². The van der Waals surface area contributed by atoms with Gasteiger partial charge in [-0.15, -0.1) is 0 Å². The Balaban J connectivity index is 2.04. The molecule has 11 heavy (non-hydrogen) atoms. The van der Waals surface area contributed by atoms with Gasteiger partial charge in [0.25, 0.3) is 0 Å². The molecule has 0 aromatic carbocycles. The third-order valence-electron chi connectivity index (χ3n) is 3.35. The van der Waals surface area contributed by atoms with E-state index in [1.807, 2.05) is 0 Å². The van der Waals surface area contributed by atoms with E-state index in [9.17, 15) is 0 Å². The first-order valence-electron chi connectivity index (χ1n) is 4.66. The molecule has 1 unspecified atom stereocenters. The van der Waals surface area contributed by atoms with Crippen molar-refractivity contribution in [1.82, 2.24) is 3.11 Å². The zero-order chi connectivity index (χ0) is 7.90. The summed E-state index contributed by atoms with van der Waals surface area (Å²) in [6, 6.07) is 0. The van der Waals surface area contributed by atoms with E-state index in [1.165, 1.54) is 38.6 Å². The van der Waals surface area contributed by atoms with Crippen LogP contribution in [0.4, 0.5) is 0 Å². The average molecular weight is 265 g/mol. The molecule has 1 saturated heterocycles. The fourth-order valence-electron chi connectivity index (χ4n) is 2.45. The quantitative estimate of drug-likeness (QED) is 0.480. The van der Waals surface area contributed by atoms with Crippen LogP contribution in [-0.2, 0) is 0 Å². The van der Waals surface area contributed by atoms with Crippen molar-refractivity contribution in [2.24, 2.45) is 5.92 Å². The van der Waals surface area contributed by atoms with Crippen molar-refractivity contribution in [2.45, 2.75) is 44.6 Å². The van der Waals surface area contributed by atoms with Gasteiger partial charge in [0, 0.05) is 34.9 Å². The fourth-order valence-corrected chi connectivity index (χ4v) is 3.41. The van der Waals surface area contributed by atoms with E-state index in [4.69, 9.17) is 0 Å². The first kappa shape index (κ1) is 8.30. The molecule has 0 N–H and O–H groups in total. The monoisotopic (exact) mass is 265 g/mol. The normalized spacial score (nSPS) is 37.1. The molecule has 2 heteroatoms. The molecular weight excluding hydrogens is 249 g/mol. The van der Waals surface area contributed by atoms with Crippen LogP contribution < -0.4 is 0 Å². The Morgan fingerprint density at radius 3 is 2.64 bits per heavy atom. The molecule has 2 fully saturated rings. The van der Waals surface area contributed by atoms with Crippen LogP contribution in [0.3, 0.4) is 0 Å². The number of hydrogen-bond acceptors (Lipinski definition) is 1. The van der Waals surface area contributed by atoms with Gasteiger partial charge < -0.3 is 0 Å². The molecule has 1 saturated carbocycles. The van der Waals surface area contributed by atoms with Gasteiger partial charge in [0.1, 0.15) is 0 Å². The summed E-state index contributed by atoms with van der Waals surface area (Å²) < 4.78 is 2.58. The minimum absolute atomic E-state index is 0.651. The van der Waals surface area contributed by atoms with Gasteiger partial charge in [0.15, 0.2) is 0 Å². The maximum atomic E-state index is 2.58. The SMILES string of the molecule is CC1CCN(I)C2(CCC2)C1. The summed E-state index contributed by atoms with van der Waals surface area (Å²) in [6.07, 6.45) is 7.24. The average Bonchev–Trinajstić information content (AvgIpc) is 1.91. The standard InChI is InChI=1S/C9H16IN/c1-8-3-6-11(10)9(7-8)4-2-5-9/h8H,2-7H2,1H3. The number of nitrogens with zero attached hydrogens (tertiary/aromatic N) is 1. The second-order valence-electron chi connectivity index (χ2n) is 4.26. The lowest BCUT2D eigenvalue weighted by Gasteiger charge is -2.52. The maximum absolute atomic E-state index is 2.58. The van der Waals surface area contributed by atoms with Gasteiger partial charge in [-0.1, -0.05) is 6.92 Å². The lowest BCUT2D eigenvalue weighted by Crippen LogP contribution is -2.53. The Hall–Kier alpha value is 0.690. The number of hydrogen-bond donors (Lipinski definition) is 0. The van der Waals surface area contributed by atoms with E-state index in [1.54, 1.807) is 0 Å². The number of halogens is 1. The molecule has 2 aliphatic rings. The molecule has 1 aliphatic carbocycles. The largest absolute Gasteiger partial charge is 0.241 e. The van der Waals surface area contributed by atoms with Crippen LogP contribution in [0.25, 0.3) is 0 Å². The fraction of sp³-hybridized carbons (Fsp3) is 1.00. The van der Waals surface area contributed by atoms with E-state index in [-0.39, 0.29) is 0 Å². The highest BCUT2D eigenvalue weighted by molar-refractivity contribution is 14.1. The van der Waals surface area contributed by atoms with E-state index in [0.29, 0.717) is 5.54 Å². The summed E-state index contributed by atoms with van der Waals surface area (Å²) in [5.41, 5.74) is 0.651. The van der Waals surface area contributed by atoms with Crippen LogP contribution in [0, 0.1) is 5.92 Å². The van der Waals surface area contributed by atoms with Crippen LogP contribution in [0.5, 0.6) is 0 Å². The Bertz CT molecular complexity index is 154. The van der Waals surface area contributed by atoms with Crippen molar-refractivity contribution >= 4 is 22.9 Å². The van der Waals surface area contributed by atoms with Crippen molar-refractivity contribution in [3.8, 4) is 0 Å². The molecular formula is C9H16IN. The second kappa shape index (κ2) is 2.87. The molecule has 1 spiro atoms. The van der Waals surface area contributed by atoms with Gasteiger partial charge in [-0.25, -0.2) is 3.11 Å². The molecule has 0 aromatic rings. The minimum atomic E-state index is 0.651. The summed E-state index contributed by atoms with van der Waals surface area (Å²) in [5.74, 6) is 0.973. The van der Waals surface area contributed by atoms with Gasteiger partial charge >= 0.3 is 0 Å². The molecule has 0 bridgehead atoms. The lowest BCUT2D eigenvalue weighted by molar-refractivity contribution is 0.0492. The molecule has 0 radical (unpaired) electrons. The van der Waals surface area contributed by atoms with Crippen molar-refractivity contribution in [3.05, 3.63) is 0 Å². The molecule has 0 aromatic heterocycles. The third-order valence-corrected chi connectivity index (χ3v) is 4.85. The highest BCUT2D eigenvalue weighted by Crippen LogP contribution is 2.47. The zero-order valence-corrected chi connectivity index (χ0v) is 9.30. The predicted octanol–water partition coefficient (Wildman–Crippen LogP) is 2.99. The zero-order valence-electron chi connectivity index (χ0n) is 7.15. The Kier molecular flexibility index (Phi) is 2.17. The van der Waals surface area contributed by atoms with Gasteiger partial charge in [-0.2, -0.15) is 0 Å². The maximum Gasteiger partial charge on any atom is 0.0307 e. The summed E-state index contributed by atoms with van der Waals surface area (Å²) in [4.78, 5) is 0. The summed E-state index contributed by atoms with van der Waals surface area (Å²) in [6.45, 7) is 3.73. The van der Waals surface area contributed by atoms with E-state index >= 15 is 0 Å². The number of rotatable bonds is 0. The lowest BCUT2D eigenvalue weighted by atomic mass is 9.69. The van der Waals surface area contributed by atoms with Crippen LogP contribution in [-0.4, -0.2) is 15.2 Å². The summed E-state index contributed by atoms with van der Waals surface area (Å²) in [7, 11) is 0. The van der Waals surface area contributed by atoms with Crippen molar-refractivity contribution in [2.75, 3.05) is 6.54 Å². The first-order valence-corrected chi connectivity index (χ1v) is 5.63. The van der Waals surface area contributed by atoms with Crippen LogP contribution in [0.15, 0.2) is 0 Å². The van der Waals surface area contributed by atoms with E-state index in [0.717, 1.165) is 5.92 Å².